The summed E-state index contributed by atoms with van der Waals surface area (Å²) in [4.78, 5) is 27.2. The van der Waals surface area contributed by atoms with E-state index in [0.717, 1.165) is 0 Å². The number of ether oxygens (including phenoxy) is 1. The van der Waals surface area contributed by atoms with E-state index in [9.17, 15) is 14.9 Å². The maximum atomic E-state index is 11.9. The molecule has 21 heavy (non-hydrogen) atoms. The van der Waals surface area contributed by atoms with Gasteiger partial charge in [-0.25, -0.2) is 0 Å². The Kier molecular flexibility index (Phi) is 3.88. The summed E-state index contributed by atoms with van der Waals surface area (Å²) in [7, 11) is 4.87. The van der Waals surface area contributed by atoms with Crippen molar-refractivity contribution in [2.75, 3.05) is 14.1 Å². The third kappa shape index (κ3) is 2.99. The molecule has 0 unspecified atom stereocenters. The van der Waals surface area contributed by atoms with Gasteiger partial charge in [-0.2, -0.15) is 0 Å². The highest BCUT2D eigenvalue weighted by atomic mass is 16.6. The lowest BCUT2D eigenvalue weighted by atomic mass is 10.2. The second-order valence-corrected chi connectivity index (χ2v) is 4.57. The molecule has 0 spiro atoms. The van der Waals surface area contributed by atoms with Gasteiger partial charge in [0.25, 0.3) is 5.91 Å². The number of carbonyl (C=O) groups excluding carboxylic acids is 1. The van der Waals surface area contributed by atoms with Crippen LogP contribution in [0.1, 0.15) is 10.4 Å². The van der Waals surface area contributed by atoms with Gasteiger partial charge < -0.3 is 19.8 Å². The van der Waals surface area contributed by atoms with Gasteiger partial charge in [0.15, 0.2) is 0 Å². The predicted octanol–water partition coefficient (Wildman–Crippen LogP) is 1.82. The standard InChI is InChI=1S/C13H14N4O4/c1-15(2)12(18)9-5-4-6-10(7-9)21-13-11(17(19)20)14-8-16(13)3/h4-8H,1-3H3. The number of aryl methyl sites for hydroxylation is 1. The van der Waals surface area contributed by atoms with Crippen LogP contribution in [0.15, 0.2) is 30.6 Å². The highest BCUT2D eigenvalue weighted by Crippen LogP contribution is 2.29. The average molecular weight is 290 g/mol. The first kappa shape index (κ1) is 14.5. The zero-order valence-corrected chi connectivity index (χ0v) is 11.8. The summed E-state index contributed by atoms with van der Waals surface area (Å²) in [5.74, 6) is -0.217. The molecule has 0 bridgehead atoms. The summed E-state index contributed by atoms with van der Waals surface area (Å²) >= 11 is 0. The third-order valence-electron chi connectivity index (χ3n) is 2.74. The van der Waals surface area contributed by atoms with Crippen LogP contribution in [0.5, 0.6) is 11.6 Å². The summed E-state index contributed by atoms with van der Waals surface area (Å²) in [5, 5.41) is 10.9. The lowest BCUT2D eigenvalue weighted by Gasteiger charge is -2.11. The van der Waals surface area contributed by atoms with Gasteiger partial charge in [0, 0.05) is 26.7 Å². The maximum absolute atomic E-state index is 11.9. The fourth-order valence-corrected chi connectivity index (χ4v) is 1.71. The highest BCUT2D eigenvalue weighted by Gasteiger charge is 2.22. The summed E-state index contributed by atoms with van der Waals surface area (Å²) in [5.41, 5.74) is 0.433. The van der Waals surface area contributed by atoms with Crippen LogP contribution in [-0.2, 0) is 7.05 Å². The minimum atomic E-state index is -0.621. The zero-order valence-electron chi connectivity index (χ0n) is 11.8. The summed E-state index contributed by atoms with van der Waals surface area (Å²) in [6.45, 7) is 0. The molecule has 1 aromatic carbocycles. The molecule has 0 aliphatic rings. The number of benzene rings is 1. The Morgan fingerprint density at radius 2 is 2.14 bits per heavy atom. The number of hydrogen-bond donors (Lipinski definition) is 0. The topological polar surface area (TPSA) is 90.5 Å². The molecule has 2 rings (SSSR count). The first-order valence-electron chi connectivity index (χ1n) is 6.05. The van der Waals surface area contributed by atoms with Crippen molar-refractivity contribution in [1.82, 2.24) is 14.5 Å². The molecule has 1 aromatic heterocycles. The minimum absolute atomic E-state index is 0.00875. The van der Waals surface area contributed by atoms with Crippen molar-refractivity contribution in [1.29, 1.82) is 0 Å². The molecule has 110 valence electrons. The molecule has 1 amide bonds. The van der Waals surface area contributed by atoms with Crippen molar-refractivity contribution >= 4 is 11.7 Å². The Bertz CT molecular complexity index is 693. The van der Waals surface area contributed by atoms with Crippen LogP contribution < -0.4 is 4.74 Å². The van der Waals surface area contributed by atoms with E-state index in [1.165, 1.54) is 21.9 Å². The smallest absolute Gasteiger partial charge is 0.427 e. The highest BCUT2D eigenvalue weighted by molar-refractivity contribution is 5.94. The van der Waals surface area contributed by atoms with E-state index in [-0.39, 0.29) is 17.6 Å². The molecule has 0 N–H and O–H groups in total. The molecule has 0 aliphatic heterocycles. The molecule has 0 atom stereocenters. The van der Waals surface area contributed by atoms with Gasteiger partial charge in [-0.15, -0.1) is 0 Å². The van der Waals surface area contributed by atoms with E-state index in [4.69, 9.17) is 4.74 Å². The Labute approximate surface area is 120 Å². The van der Waals surface area contributed by atoms with E-state index in [1.54, 1.807) is 39.3 Å². The molecule has 0 fully saturated rings. The van der Waals surface area contributed by atoms with Crippen LogP contribution in [0.4, 0.5) is 5.82 Å². The number of nitrogens with zero attached hydrogens (tertiary/aromatic N) is 4. The molecule has 0 saturated carbocycles. The molecule has 0 aliphatic carbocycles. The zero-order chi connectivity index (χ0) is 15.6. The van der Waals surface area contributed by atoms with Crippen LogP contribution >= 0.6 is 0 Å². The Morgan fingerprint density at radius 1 is 1.43 bits per heavy atom. The van der Waals surface area contributed by atoms with E-state index >= 15 is 0 Å². The predicted molar refractivity (Wildman–Crippen MR) is 74.4 cm³/mol. The number of nitro groups is 1. The Morgan fingerprint density at radius 3 is 2.76 bits per heavy atom. The van der Waals surface area contributed by atoms with Gasteiger partial charge >= 0.3 is 11.7 Å². The molecular formula is C13H14N4O4. The monoisotopic (exact) mass is 290 g/mol. The van der Waals surface area contributed by atoms with E-state index in [2.05, 4.69) is 4.98 Å². The fraction of sp³-hybridized carbons (Fsp3) is 0.231. The van der Waals surface area contributed by atoms with Gasteiger partial charge in [-0.3, -0.25) is 9.36 Å². The molecule has 8 heteroatoms. The fourth-order valence-electron chi connectivity index (χ4n) is 1.71. The first-order chi connectivity index (χ1) is 9.90. The number of amides is 1. The van der Waals surface area contributed by atoms with Crippen LogP contribution in [0.3, 0.4) is 0 Å². The van der Waals surface area contributed by atoms with Crippen molar-refractivity contribution in [2.24, 2.45) is 7.05 Å². The number of aromatic nitrogens is 2. The second kappa shape index (κ2) is 5.61. The molecule has 0 saturated heterocycles. The minimum Gasteiger partial charge on any atom is -0.434 e. The van der Waals surface area contributed by atoms with Gasteiger partial charge in [-0.1, -0.05) is 6.07 Å². The second-order valence-electron chi connectivity index (χ2n) is 4.57. The quantitative estimate of drug-likeness (QED) is 0.632. The van der Waals surface area contributed by atoms with E-state index in [1.807, 2.05) is 0 Å². The van der Waals surface area contributed by atoms with Crippen LogP contribution in [0, 0.1) is 10.1 Å². The van der Waals surface area contributed by atoms with Crippen molar-refractivity contribution in [2.45, 2.75) is 0 Å². The van der Waals surface area contributed by atoms with Gasteiger partial charge in [-0.05, 0) is 28.1 Å². The molecular weight excluding hydrogens is 276 g/mol. The maximum Gasteiger partial charge on any atom is 0.427 e. The Balaban J connectivity index is 2.33. The van der Waals surface area contributed by atoms with Gasteiger partial charge in [0.2, 0.25) is 6.33 Å². The van der Waals surface area contributed by atoms with Crippen molar-refractivity contribution in [3.05, 3.63) is 46.3 Å². The van der Waals surface area contributed by atoms with Crippen molar-refractivity contribution in [3.8, 4) is 11.6 Å². The van der Waals surface area contributed by atoms with Crippen LogP contribution in [0.25, 0.3) is 0 Å². The van der Waals surface area contributed by atoms with Crippen molar-refractivity contribution in [3.63, 3.8) is 0 Å². The van der Waals surface area contributed by atoms with Crippen LogP contribution in [0.2, 0.25) is 0 Å². The van der Waals surface area contributed by atoms with Crippen molar-refractivity contribution < 1.29 is 14.5 Å². The molecule has 1 heterocycles. The number of rotatable bonds is 4. The first-order valence-corrected chi connectivity index (χ1v) is 6.05. The molecule has 2 aromatic rings. The lowest BCUT2D eigenvalue weighted by molar-refractivity contribution is -0.390. The van der Waals surface area contributed by atoms with Gasteiger partial charge in [0.05, 0.1) is 0 Å². The third-order valence-corrected chi connectivity index (χ3v) is 2.74. The summed E-state index contributed by atoms with van der Waals surface area (Å²) < 4.78 is 6.90. The van der Waals surface area contributed by atoms with E-state index < -0.39 is 4.92 Å². The number of imidazole rings is 1. The normalized spacial score (nSPS) is 10.2. The SMILES string of the molecule is CN(C)C(=O)c1cccc(Oc2c([N+](=O)[O-])ncn2C)c1. The molecule has 0 radical (unpaired) electrons. The van der Waals surface area contributed by atoms with Gasteiger partial charge in [0.1, 0.15) is 5.75 Å². The van der Waals surface area contributed by atoms with E-state index in [0.29, 0.717) is 11.3 Å². The number of carbonyl (C=O) groups is 1. The summed E-state index contributed by atoms with van der Waals surface area (Å²) in [6.07, 6.45) is 1.29. The summed E-state index contributed by atoms with van der Waals surface area (Å²) in [6, 6.07) is 6.43. The number of hydrogen-bond acceptors (Lipinski definition) is 5. The average Bonchev–Trinajstić information content (AvgIpc) is 2.80. The van der Waals surface area contributed by atoms with Crippen LogP contribution in [-0.4, -0.2) is 39.4 Å². The molecule has 8 nitrogen and oxygen atoms in total. The Hall–Kier alpha value is -2.90. The largest absolute Gasteiger partial charge is 0.434 e. The lowest BCUT2D eigenvalue weighted by Crippen LogP contribution is -2.21.